The van der Waals surface area contributed by atoms with E-state index in [0.29, 0.717) is 46.1 Å². The highest BCUT2D eigenvalue weighted by atomic mass is 35.5. The molecular formula is C24H23Cl2NO5. The molecule has 0 atom stereocenters. The molecule has 168 valence electrons. The van der Waals surface area contributed by atoms with Crippen molar-refractivity contribution < 1.29 is 24.1 Å². The summed E-state index contributed by atoms with van der Waals surface area (Å²) in [5, 5.41) is 13.6. The number of carboxylic acids is 1. The summed E-state index contributed by atoms with van der Waals surface area (Å²) in [7, 11) is 1.53. The molecule has 0 aromatic heterocycles. The highest BCUT2D eigenvalue weighted by Gasteiger charge is 2.11. The maximum absolute atomic E-state index is 11.3. The van der Waals surface area contributed by atoms with E-state index in [4.69, 9.17) is 37.4 Å². The number of carboxylic acid groups (broad SMARTS) is 1. The lowest BCUT2D eigenvalue weighted by Gasteiger charge is -2.15. The second kappa shape index (κ2) is 11.0. The van der Waals surface area contributed by atoms with Crippen LogP contribution < -0.4 is 19.5 Å². The zero-order chi connectivity index (χ0) is 23.1. The van der Waals surface area contributed by atoms with Gasteiger partial charge in [-0.25, -0.2) is 4.79 Å². The standard InChI is InChI=1S/C24H23Cl2NO5/c1-3-31-23-10-15(13-27-20-11-16(24(28)29)6-9-21(20)30-2)4-8-22(23)32-14-17-5-7-18(25)12-19(17)26/h4-12,27H,3,13-14H2,1-2H3,(H,28,29). The quantitative estimate of drug-likeness (QED) is 0.358. The van der Waals surface area contributed by atoms with E-state index in [9.17, 15) is 9.90 Å². The fourth-order valence-corrected chi connectivity index (χ4v) is 3.48. The Labute approximate surface area is 196 Å². The SMILES string of the molecule is CCOc1cc(CNc2cc(C(=O)O)ccc2OC)ccc1OCc1ccc(Cl)cc1Cl. The number of anilines is 1. The summed E-state index contributed by atoms with van der Waals surface area (Å²) >= 11 is 12.2. The molecule has 3 rings (SSSR count). The van der Waals surface area contributed by atoms with Crippen molar-refractivity contribution in [2.75, 3.05) is 19.0 Å². The smallest absolute Gasteiger partial charge is 0.335 e. The molecule has 0 bridgehead atoms. The molecule has 0 saturated carbocycles. The Kier molecular flexibility index (Phi) is 8.09. The number of benzene rings is 3. The highest BCUT2D eigenvalue weighted by Crippen LogP contribution is 2.32. The number of rotatable bonds is 10. The van der Waals surface area contributed by atoms with Crippen LogP contribution in [-0.4, -0.2) is 24.8 Å². The first-order valence-electron chi connectivity index (χ1n) is 9.89. The zero-order valence-corrected chi connectivity index (χ0v) is 19.2. The van der Waals surface area contributed by atoms with Crippen LogP contribution >= 0.6 is 23.2 Å². The van der Waals surface area contributed by atoms with E-state index in [2.05, 4.69) is 5.32 Å². The van der Waals surface area contributed by atoms with Crippen LogP contribution in [-0.2, 0) is 13.2 Å². The molecule has 0 saturated heterocycles. The minimum absolute atomic E-state index is 0.174. The lowest BCUT2D eigenvalue weighted by atomic mass is 10.1. The van der Waals surface area contributed by atoms with Gasteiger partial charge in [0.2, 0.25) is 0 Å². The van der Waals surface area contributed by atoms with Gasteiger partial charge in [-0.1, -0.05) is 35.3 Å². The van der Waals surface area contributed by atoms with Gasteiger partial charge in [-0.3, -0.25) is 0 Å². The first kappa shape index (κ1) is 23.6. The summed E-state index contributed by atoms with van der Waals surface area (Å²) in [4.78, 5) is 11.3. The van der Waals surface area contributed by atoms with Crippen molar-refractivity contribution >= 4 is 34.9 Å². The van der Waals surface area contributed by atoms with Crippen molar-refractivity contribution in [1.82, 2.24) is 0 Å². The molecule has 0 spiro atoms. The summed E-state index contributed by atoms with van der Waals surface area (Å²) in [6.07, 6.45) is 0. The van der Waals surface area contributed by atoms with Gasteiger partial charge in [-0.05, 0) is 55.0 Å². The average molecular weight is 476 g/mol. The highest BCUT2D eigenvalue weighted by molar-refractivity contribution is 6.35. The Morgan fingerprint density at radius 1 is 0.969 bits per heavy atom. The second-order valence-corrected chi connectivity index (χ2v) is 7.66. The Hall–Kier alpha value is -3.09. The van der Waals surface area contributed by atoms with Gasteiger partial charge in [-0.15, -0.1) is 0 Å². The van der Waals surface area contributed by atoms with Crippen molar-refractivity contribution in [1.29, 1.82) is 0 Å². The Balaban J connectivity index is 1.74. The maximum atomic E-state index is 11.3. The molecule has 0 radical (unpaired) electrons. The lowest BCUT2D eigenvalue weighted by molar-refractivity contribution is 0.0697. The normalized spacial score (nSPS) is 10.5. The van der Waals surface area contributed by atoms with Gasteiger partial charge < -0.3 is 24.6 Å². The van der Waals surface area contributed by atoms with Crippen LogP contribution in [0.4, 0.5) is 5.69 Å². The molecule has 6 nitrogen and oxygen atoms in total. The van der Waals surface area contributed by atoms with Crippen molar-refractivity contribution in [2.24, 2.45) is 0 Å². The number of hydrogen-bond acceptors (Lipinski definition) is 5. The molecule has 0 aliphatic rings. The minimum atomic E-state index is -1.00. The maximum Gasteiger partial charge on any atom is 0.335 e. The molecule has 32 heavy (non-hydrogen) atoms. The molecule has 8 heteroatoms. The van der Waals surface area contributed by atoms with E-state index in [0.717, 1.165) is 11.1 Å². The predicted molar refractivity (Wildman–Crippen MR) is 126 cm³/mol. The van der Waals surface area contributed by atoms with Crippen LogP contribution in [0.5, 0.6) is 17.2 Å². The van der Waals surface area contributed by atoms with Crippen molar-refractivity contribution in [2.45, 2.75) is 20.1 Å². The third-order valence-corrected chi connectivity index (χ3v) is 5.22. The molecule has 0 aliphatic carbocycles. The van der Waals surface area contributed by atoms with Gasteiger partial charge in [0.1, 0.15) is 12.4 Å². The summed E-state index contributed by atoms with van der Waals surface area (Å²) < 4.78 is 17.0. The van der Waals surface area contributed by atoms with E-state index >= 15 is 0 Å². The monoisotopic (exact) mass is 475 g/mol. The van der Waals surface area contributed by atoms with Gasteiger partial charge in [0.15, 0.2) is 11.5 Å². The largest absolute Gasteiger partial charge is 0.495 e. The molecule has 3 aromatic carbocycles. The van der Waals surface area contributed by atoms with Crippen LogP contribution in [0.1, 0.15) is 28.4 Å². The number of carbonyl (C=O) groups is 1. The first-order valence-corrected chi connectivity index (χ1v) is 10.6. The van der Waals surface area contributed by atoms with Crippen LogP contribution in [0, 0.1) is 0 Å². The number of halogens is 2. The first-order chi connectivity index (χ1) is 15.4. The van der Waals surface area contributed by atoms with E-state index in [1.807, 2.05) is 31.2 Å². The van der Waals surface area contributed by atoms with E-state index in [-0.39, 0.29) is 12.2 Å². The van der Waals surface area contributed by atoms with Crippen LogP contribution in [0.2, 0.25) is 10.0 Å². The third kappa shape index (κ3) is 5.99. The number of hydrogen-bond donors (Lipinski definition) is 2. The molecule has 0 aliphatic heterocycles. The topological polar surface area (TPSA) is 77.0 Å². The van der Waals surface area contributed by atoms with Gasteiger partial charge in [0.05, 0.1) is 25.0 Å². The summed E-state index contributed by atoms with van der Waals surface area (Å²) in [5.74, 6) is 0.742. The van der Waals surface area contributed by atoms with Gasteiger partial charge in [0.25, 0.3) is 0 Å². The number of ether oxygens (including phenoxy) is 3. The zero-order valence-electron chi connectivity index (χ0n) is 17.7. The summed E-state index contributed by atoms with van der Waals surface area (Å²) in [6, 6.07) is 15.5. The summed E-state index contributed by atoms with van der Waals surface area (Å²) in [5.41, 5.74) is 2.50. The van der Waals surface area contributed by atoms with Gasteiger partial charge >= 0.3 is 5.97 Å². The van der Waals surface area contributed by atoms with E-state index in [1.165, 1.54) is 19.2 Å². The third-order valence-electron chi connectivity index (χ3n) is 4.64. The van der Waals surface area contributed by atoms with Crippen LogP contribution in [0.25, 0.3) is 0 Å². The van der Waals surface area contributed by atoms with Gasteiger partial charge in [0, 0.05) is 22.2 Å². The number of methoxy groups -OCH3 is 1. The van der Waals surface area contributed by atoms with Crippen molar-refractivity contribution in [3.8, 4) is 17.2 Å². The van der Waals surface area contributed by atoms with Crippen molar-refractivity contribution in [3.63, 3.8) is 0 Å². The molecule has 0 fully saturated rings. The predicted octanol–water partition coefficient (Wildman–Crippen LogP) is 6.29. The van der Waals surface area contributed by atoms with Crippen LogP contribution in [0.3, 0.4) is 0 Å². The second-order valence-electron chi connectivity index (χ2n) is 6.81. The molecule has 0 heterocycles. The molecule has 3 aromatic rings. The fraction of sp³-hybridized carbons (Fsp3) is 0.208. The minimum Gasteiger partial charge on any atom is -0.495 e. The number of aromatic carboxylic acids is 1. The van der Waals surface area contributed by atoms with Gasteiger partial charge in [-0.2, -0.15) is 0 Å². The summed E-state index contributed by atoms with van der Waals surface area (Å²) in [6.45, 7) is 3.08. The Morgan fingerprint density at radius 2 is 1.75 bits per heavy atom. The van der Waals surface area contributed by atoms with E-state index in [1.54, 1.807) is 18.2 Å². The molecule has 0 unspecified atom stereocenters. The molecular weight excluding hydrogens is 453 g/mol. The molecule has 0 amide bonds. The lowest BCUT2D eigenvalue weighted by Crippen LogP contribution is -2.05. The molecule has 2 N–H and O–H groups in total. The van der Waals surface area contributed by atoms with E-state index < -0.39 is 5.97 Å². The average Bonchev–Trinajstić information content (AvgIpc) is 2.78. The van der Waals surface area contributed by atoms with Crippen LogP contribution in [0.15, 0.2) is 54.6 Å². The number of nitrogens with one attached hydrogen (secondary N) is 1. The van der Waals surface area contributed by atoms with Crippen molar-refractivity contribution in [3.05, 3.63) is 81.3 Å². The Bertz CT molecular complexity index is 1100. The Morgan fingerprint density at radius 3 is 2.44 bits per heavy atom. The fourth-order valence-electron chi connectivity index (χ4n) is 3.02.